The third-order valence-electron chi connectivity index (χ3n) is 3.01. The van der Waals surface area contributed by atoms with Crippen molar-refractivity contribution in [2.24, 2.45) is 5.41 Å². The Kier molecular flexibility index (Phi) is 3.52. The summed E-state index contributed by atoms with van der Waals surface area (Å²) < 4.78 is 2.01. The topological polar surface area (TPSA) is 55.1 Å². The highest BCUT2D eigenvalue weighted by molar-refractivity contribution is 7.13. The van der Waals surface area contributed by atoms with Crippen LogP contribution in [0.25, 0.3) is 10.7 Å². The number of carboxylic acid groups (broad SMARTS) is 1. The second kappa shape index (κ2) is 4.94. The van der Waals surface area contributed by atoms with Gasteiger partial charge in [0.2, 0.25) is 0 Å². The Bertz CT molecular complexity index is 529. The normalized spacial score (nSPS) is 11.7. The number of hydrogen-bond acceptors (Lipinski definition) is 3. The average molecular weight is 264 g/mol. The molecule has 2 aromatic rings. The van der Waals surface area contributed by atoms with Gasteiger partial charge in [0.25, 0.3) is 0 Å². The van der Waals surface area contributed by atoms with E-state index in [-0.39, 0.29) is 0 Å². The van der Waals surface area contributed by atoms with Crippen molar-refractivity contribution in [2.75, 3.05) is 0 Å². The molecular weight excluding hydrogens is 248 g/mol. The first kappa shape index (κ1) is 12.8. The molecule has 2 heterocycles. The van der Waals surface area contributed by atoms with E-state index in [1.165, 1.54) is 0 Å². The molecule has 5 heteroatoms. The van der Waals surface area contributed by atoms with E-state index in [9.17, 15) is 4.79 Å². The zero-order valence-electron chi connectivity index (χ0n) is 10.5. The Balaban J connectivity index is 2.12. The molecule has 0 aromatic carbocycles. The molecule has 0 spiro atoms. The molecule has 0 bridgehead atoms. The molecule has 0 aliphatic carbocycles. The van der Waals surface area contributed by atoms with Crippen LogP contribution < -0.4 is 0 Å². The quantitative estimate of drug-likeness (QED) is 0.902. The maximum absolute atomic E-state index is 11.1. The summed E-state index contributed by atoms with van der Waals surface area (Å²) in [6, 6.07) is 4.01. The third-order valence-corrected chi connectivity index (χ3v) is 3.88. The van der Waals surface area contributed by atoms with Gasteiger partial charge in [0.15, 0.2) is 0 Å². The van der Waals surface area contributed by atoms with Crippen LogP contribution in [0.2, 0.25) is 0 Å². The lowest BCUT2D eigenvalue weighted by molar-refractivity contribution is -0.147. The number of carbonyl (C=O) groups is 1. The first-order chi connectivity index (χ1) is 8.50. The van der Waals surface area contributed by atoms with Gasteiger partial charge >= 0.3 is 5.97 Å². The van der Waals surface area contributed by atoms with Crippen molar-refractivity contribution < 1.29 is 9.90 Å². The molecule has 0 unspecified atom stereocenters. The number of rotatable bonds is 5. The Labute approximate surface area is 110 Å². The number of aliphatic carboxylic acids is 1. The first-order valence-electron chi connectivity index (χ1n) is 5.79. The van der Waals surface area contributed by atoms with Gasteiger partial charge in [-0.1, -0.05) is 6.07 Å². The molecule has 0 aliphatic rings. The highest BCUT2D eigenvalue weighted by atomic mass is 32.1. The molecule has 0 amide bonds. The SMILES string of the molecule is CC(C)(CCn1ccnc1-c1cccs1)C(=O)O. The van der Waals surface area contributed by atoms with Crippen LogP contribution in [0.4, 0.5) is 0 Å². The summed E-state index contributed by atoms with van der Waals surface area (Å²) in [5, 5.41) is 11.1. The smallest absolute Gasteiger partial charge is 0.309 e. The number of thiophene rings is 1. The van der Waals surface area contributed by atoms with Crippen molar-refractivity contribution in [2.45, 2.75) is 26.8 Å². The fourth-order valence-corrected chi connectivity index (χ4v) is 2.36. The van der Waals surface area contributed by atoms with Crippen molar-refractivity contribution >= 4 is 17.3 Å². The van der Waals surface area contributed by atoms with Gasteiger partial charge in [-0.15, -0.1) is 11.3 Å². The second-order valence-electron chi connectivity index (χ2n) is 4.86. The van der Waals surface area contributed by atoms with E-state index < -0.39 is 11.4 Å². The van der Waals surface area contributed by atoms with Gasteiger partial charge in [0, 0.05) is 18.9 Å². The van der Waals surface area contributed by atoms with Crippen LogP contribution in [0.3, 0.4) is 0 Å². The number of aryl methyl sites for hydroxylation is 1. The van der Waals surface area contributed by atoms with Gasteiger partial charge in [-0.25, -0.2) is 4.98 Å². The summed E-state index contributed by atoms with van der Waals surface area (Å²) in [5.41, 5.74) is -0.711. The van der Waals surface area contributed by atoms with Gasteiger partial charge < -0.3 is 9.67 Å². The first-order valence-corrected chi connectivity index (χ1v) is 6.67. The van der Waals surface area contributed by atoms with Gasteiger partial charge in [0.1, 0.15) is 5.82 Å². The molecule has 2 rings (SSSR count). The van der Waals surface area contributed by atoms with E-state index >= 15 is 0 Å². The summed E-state index contributed by atoms with van der Waals surface area (Å²) in [6.45, 7) is 4.15. The largest absolute Gasteiger partial charge is 0.481 e. The third kappa shape index (κ3) is 2.61. The van der Waals surface area contributed by atoms with Crippen molar-refractivity contribution in [3.05, 3.63) is 29.9 Å². The highest BCUT2D eigenvalue weighted by Gasteiger charge is 2.26. The van der Waals surface area contributed by atoms with Crippen molar-refractivity contribution in [3.63, 3.8) is 0 Å². The maximum Gasteiger partial charge on any atom is 0.309 e. The molecule has 1 N–H and O–H groups in total. The number of imidazole rings is 1. The molecule has 0 saturated carbocycles. The van der Waals surface area contributed by atoms with E-state index in [1.807, 2.05) is 28.3 Å². The fraction of sp³-hybridized carbons (Fsp3) is 0.385. The molecule has 0 fully saturated rings. The van der Waals surface area contributed by atoms with E-state index in [0.717, 1.165) is 10.7 Å². The van der Waals surface area contributed by atoms with Crippen LogP contribution in [0.1, 0.15) is 20.3 Å². The van der Waals surface area contributed by atoms with Crippen molar-refractivity contribution in [1.29, 1.82) is 0 Å². The van der Waals surface area contributed by atoms with Crippen molar-refractivity contribution in [1.82, 2.24) is 9.55 Å². The zero-order valence-corrected chi connectivity index (χ0v) is 11.3. The van der Waals surface area contributed by atoms with Crippen LogP contribution in [0.15, 0.2) is 29.9 Å². The van der Waals surface area contributed by atoms with Crippen LogP contribution in [0, 0.1) is 5.41 Å². The van der Waals surface area contributed by atoms with Gasteiger partial charge in [-0.05, 0) is 31.7 Å². The number of carboxylic acids is 1. The Morgan fingerprint density at radius 2 is 2.33 bits per heavy atom. The fourth-order valence-electron chi connectivity index (χ4n) is 1.63. The maximum atomic E-state index is 11.1. The predicted octanol–water partition coefficient (Wildman–Crippen LogP) is 3.11. The van der Waals surface area contributed by atoms with E-state index in [4.69, 9.17) is 5.11 Å². The van der Waals surface area contributed by atoms with Crippen LogP contribution in [0.5, 0.6) is 0 Å². The zero-order chi connectivity index (χ0) is 13.2. The summed E-state index contributed by atoms with van der Waals surface area (Å²) in [7, 11) is 0. The number of nitrogens with zero attached hydrogens (tertiary/aromatic N) is 2. The monoisotopic (exact) mass is 264 g/mol. The van der Waals surface area contributed by atoms with Crippen LogP contribution >= 0.6 is 11.3 Å². The minimum atomic E-state index is -0.764. The summed E-state index contributed by atoms with van der Waals surface area (Å²) >= 11 is 1.63. The van der Waals surface area contributed by atoms with Gasteiger partial charge in [0.05, 0.1) is 10.3 Å². The molecule has 0 atom stereocenters. The van der Waals surface area contributed by atoms with Crippen molar-refractivity contribution in [3.8, 4) is 10.7 Å². The van der Waals surface area contributed by atoms with E-state index in [0.29, 0.717) is 13.0 Å². The number of aromatic nitrogens is 2. The minimum absolute atomic E-state index is 0.580. The lowest BCUT2D eigenvalue weighted by Crippen LogP contribution is -2.25. The summed E-state index contributed by atoms with van der Waals surface area (Å²) in [5.74, 6) is 0.145. The Morgan fingerprint density at radius 3 is 2.94 bits per heavy atom. The molecule has 2 aromatic heterocycles. The average Bonchev–Trinajstić information content (AvgIpc) is 2.96. The van der Waals surface area contributed by atoms with Crippen LogP contribution in [-0.4, -0.2) is 20.6 Å². The molecule has 0 radical (unpaired) electrons. The standard InChI is InChI=1S/C13H16N2O2S/c1-13(2,12(16)17)5-7-15-8-6-14-11(15)10-4-3-9-18-10/h3-4,6,8-9H,5,7H2,1-2H3,(H,16,17). The molecule has 18 heavy (non-hydrogen) atoms. The summed E-state index contributed by atoms with van der Waals surface area (Å²) in [6.07, 6.45) is 4.23. The molecule has 0 aliphatic heterocycles. The van der Waals surface area contributed by atoms with Gasteiger partial charge in [-0.2, -0.15) is 0 Å². The summed E-state index contributed by atoms with van der Waals surface area (Å²) in [4.78, 5) is 16.5. The van der Waals surface area contributed by atoms with E-state index in [2.05, 4.69) is 4.98 Å². The molecular formula is C13H16N2O2S. The Hall–Kier alpha value is -1.62. The lowest BCUT2D eigenvalue weighted by Gasteiger charge is -2.19. The molecule has 96 valence electrons. The Morgan fingerprint density at radius 1 is 1.56 bits per heavy atom. The van der Waals surface area contributed by atoms with Crippen LogP contribution in [-0.2, 0) is 11.3 Å². The van der Waals surface area contributed by atoms with E-state index in [1.54, 1.807) is 31.4 Å². The van der Waals surface area contributed by atoms with Gasteiger partial charge in [-0.3, -0.25) is 4.79 Å². The minimum Gasteiger partial charge on any atom is -0.481 e. The number of hydrogen-bond donors (Lipinski definition) is 1. The predicted molar refractivity (Wildman–Crippen MR) is 71.6 cm³/mol. The second-order valence-corrected chi connectivity index (χ2v) is 5.81. The molecule has 4 nitrogen and oxygen atoms in total. The lowest BCUT2D eigenvalue weighted by atomic mass is 9.89. The molecule has 0 saturated heterocycles. The highest BCUT2D eigenvalue weighted by Crippen LogP contribution is 2.26.